The number of aromatic nitrogens is 1. The normalized spacial score (nSPS) is 16.4. The van der Waals surface area contributed by atoms with Crippen LogP contribution >= 0.6 is 23.4 Å². The summed E-state index contributed by atoms with van der Waals surface area (Å²) < 4.78 is 0. The number of hydrogen-bond acceptors (Lipinski definition) is 5. The molecule has 1 saturated carbocycles. The van der Waals surface area contributed by atoms with Crippen LogP contribution < -0.4 is 0 Å². The van der Waals surface area contributed by atoms with Gasteiger partial charge >= 0.3 is 5.97 Å². The molecule has 218 valence electrons. The minimum absolute atomic E-state index is 0.0179. The van der Waals surface area contributed by atoms with Gasteiger partial charge in [-0.25, -0.2) is 4.98 Å². The van der Waals surface area contributed by atoms with Gasteiger partial charge in [-0.1, -0.05) is 78.3 Å². The van der Waals surface area contributed by atoms with Crippen LogP contribution in [0.2, 0.25) is 5.02 Å². The van der Waals surface area contributed by atoms with E-state index in [9.17, 15) is 20.1 Å². The van der Waals surface area contributed by atoms with E-state index in [1.807, 2.05) is 84.6 Å². The van der Waals surface area contributed by atoms with Crippen molar-refractivity contribution in [1.82, 2.24) is 4.98 Å². The third kappa shape index (κ3) is 7.42. The number of fused-ring (bicyclic) bond motifs is 1. The number of hydrogen-bond donors (Lipinski definition) is 3. The summed E-state index contributed by atoms with van der Waals surface area (Å²) in [6, 6.07) is 25.9. The Morgan fingerprint density at radius 3 is 2.62 bits per heavy atom. The van der Waals surface area contributed by atoms with Gasteiger partial charge in [0.15, 0.2) is 0 Å². The first kappa shape index (κ1) is 30.3. The van der Waals surface area contributed by atoms with Gasteiger partial charge in [0.05, 0.1) is 24.2 Å². The largest absolute Gasteiger partial charge is 0.481 e. The van der Waals surface area contributed by atoms with Gasteiger partial charge in [0.25, 0.3) is 0 Å². The summed E-state index contributed by atoms with van der Waals surface area (Å²) in [4.78, 5) is 16.0. The fraction of sp³-hybridized carbons (Fsp3) is 0.314. The summed E-state index contributed by atoms with van der Waals surface area (Å²) in [7, 11) is 0. The van der Waals surface area contributed by atoms with Crippen molar-refractivity contribution >= 4 is 52.4 Å². The van der Waals surface area contributed by atoms with Gasteiger partial charge in [-0.3, -0.25) is 4.79 Å². The molecule has 0 radical (unpaired) electrons. The molecule has 42 heavy (non-hydrogen) atoms. The van der Waals surface area contributed by atoms with Crippen LogP contribution in [-0.2, 0) is 10.4 Å². The van der Waals surface area contributed by atoms with Crippen LogP contribution in [0.25, 0.3) is 23.1 Å². The highest BCUT2D eigenvalue weighted by Crippen LogP contribution is 2.51. The van der Waals surface area contributed by atoms with Crippen LogP contribution in [0.3, 0.4) is 0 Å². The molecule has 1 aromatic heterocycles. The van der Waals surface area contributed by atoms with Crippen LogP contribution in [0.15, 0.2) is 78.9 Å². The minimum atomic E-state index is -1.37. The van der Waals surface area contributed by atoms with Gasteiger partial charge in [-0.05, 0) is 89.6 Å². The number of carbonyl (C=O) groups is 1. The van der Waals surface area contributed by atoms with Gasteiger partial charge in [0.1, 0.15) is 5.60 Å². The van der Waals surface area contributed by atoms with Gasteiger partial charge in [0.2, 0.25) is 0 Å². The summed E-state index contributed by atoms with van der Waals surface area (Å²) in [5.41, 5.74) is 4.10. The highest BCUT2D eigenvalue weighted by atomic mass is 35.5. The van der Waals surface area contributed by atoms with Crippen molar-refractivity contribution in [3.05, 3.63) is 112 Å². The van der Waals surface area contributed by atoms with Crippen LogP contribution in [0, 0.1) is 5.41 Å². The quantitative estimate of drug-likeness (QED) is 0.136. The number of rotatable bonds is 13. The number of carboxylic acid groups (broad SMARTS) is 1. The first-order valence-corrected chi connectivity index (χ1v) is 15.8. The van der Waals surface area contributed by atoms with Crippen LogP contribution in [-0.4, -0.2) is 44.4 Å². The van der Waals surface area contributed by atoms with E-state index in [4.69, 9.17) is 16.6 Å². The van der Waals surface area contributed by atoms with Crippen molar-refractivity contribution < 1.29 is 20.1 Å². The smallest absolute Gasteiger partial charge is 0.303 e. The van der Waals surface area contributed by atoms with Gasteiger partial charge in [-0.15, -0.1) is 0 Å². The summed E-state index contributed by atoms with van der Waals surface area (Å²) in [6.45, 7) is 1.26. The number of aliphatic hydroxyl groups is 2. The maximum absolute atomic E-state index is 11.3. The highest BCUT2D eigenvalue weighted by Gasteiger charge is 2.44. The van der Waals surface area contributed by atoms with Crippen LogP contribution in [0.5, 0.6) is 0 Å². The van der Waals surface area contributed by atoms with E-state index in [-0.39, 0.29) is 24.4 Å². The number of aliphatic carboxylic acids is 1. The molecule has 3 aromatic carbocycles. The van der Waals surface area contributed by atoms with Crippen molar-refractivity contribution in [2.45, 2.75) is 44.1 Å². The summed E-state index contributed by atoms with van der Waals surface area (Å²) in [5.74, 6) is 0.953. The molecule has 5 rings (SSSR count). The molecule has 0 spiro atoms. The lowest BCUT2D eigenvalue weighted by Gasteiger charge is -2.28. The molecule has 1 aliphatic rings. The van der Waals surface area contributed by atoms with Crippen molar-refractivity contribution in [3.63, 3.8) is 0 Å². The Morgan fingerprint density at radius 1 is 1.07 bits per heavy atom. The molecule has 0 aliphatic heterocycles. The first-order valence-electron chi connectivity index (χ1n) is 14.2. The fourth-order valence-electron chi connectivity index (χ4n) is 5.50. The molecular weight excluding hydrogens is 566 g/mol. The van der Waals surface area contributed by atoms with Gasteiger partial charge in [-0.2, -0.15) is 11.8 Å². The Labute approximate surface area is 256 Å². The van der Waals surface area contributed by atoms with Crippen LogP contribution in [0.4, 0.5) is 0 Å². The van der Waals surface area contributed by atoms with E-state index in [0.717, 1.165) is 64.1 Å². The zero-order valence-corrected chi connectivity index (χ0v) is 25.2. The molecule has 5 nitrogen and oxygen atoms in total. The molecule has 7 heteroatoms. The Bertz CT molecular complexity index is 1600. The van der Waals surface area contributed by atoms with E-state index in [1.54, 1.807) is 6.92 Å². The third-order valence-corrected chi connectivity index (χ3v) is 9.68. The monoisotopic (exact) mass is 601 g/mol. The molecule has 3 N–H and O–H groups in total. The highest BCUT2D eigenvalue weighted by molar-refractivity contribution is 7.99. The molecule has 4 aromatic rings. The predicted molar refractivity (Wildman–Crippen MR) is 173 cm³/mol. The Hall–Kier alpha value is -3.16. The molecule has 1 heterocycles. The molecule has 2 atom stereocenters. The number of pyridine rings is 1. The van der Waals surface area contributed by atoms with Crippen molar-refractivity contribution in [1.29, 1.82) is 0 Å². The summed E-state index contributed by atoms with van der Waals surface area (Å²) >= 11 is 7.98. The number of nitrogens with zero attached hydrogens (tertiary/aromatic N) is 1. The second kappa shape index (κ2) is 13.0. The topological polar surface area (TPSA) is 90.7 Å². The summed E-state index contributed by atoms with van der Waals surface area (Å²) in [5, 5.41) is 32.0. The molecule has 1 fully saturated rings. The molecule has 0 amide bonds. The third-order valence-electron chi connectivity index (χ3n) is 8.10. The fourth-order valence-corrected chi connectivity index (χ4v) is 7.03. The standard InChI is InChI=1S/C35H36ClNO4S/c1-34(41,22-38)31-8-3-2-7-30(31)29(15-18-42-23-35(16-17-35)21-33(39)40)26-6-4-5-24(19-26)9-13-28-14-11-25-10-12-27(36)20-32(25)37-28/h2-14,19-20,29,38,41H,15-18,21-23H2,1H3,(H,39,40)/t29-,34-/m1/s1. The number of carboxylic acids is 1. The minimum Gasteiger partial charge on any atom is -0.481 e. The Kier molecular flexibility index (Phi) is 9.38. The first-order chi connectivity index (χ1) is 20.2. The molecular formula is C35H36ClNO4S. The van der Waals surface area contributed by atoms with E-state index in [2.05, 4.69) is 18.2 Å². The molecule has 0 unspecified atom stereocenters. The molecule has 0 saturated heterocycles. The maximum atomic E-state index is 11.3. The molecule has 0 bridgehead atoms. The van der Waals surface area contributed by atoms with Crippen molar-refractivity contribution in [2.75, 3.05) is 18.1 Å². The van der Waals surface area contributed by atoms with E-state index >= 15 is 0 Å². The lowest BCUT2D eigenvalue weighted by molar-refractivity contribution is -0.138. The van der Waals surface area contributed by atoms with Crippen molar-refractivity contribution in [3.8, 4) is 0 Å². The maximum Gasteiger partial charge on any atom is 0.303 e. The van der Waals surface area contributed by atoms with E-state index in [0.29, 0.717) is 10.6 Å². The number of aliphatic hydroxyl groups excluding tert-OH is 1. The van der Waals surface area contributed by atoms with E-state index < -0.39 is 11.6 Å². The zero-order valence-electron chi connectivity index (χ0n) is 23.7. The number of halogens is 1. The summed E-state index contributed by atoms with van der Waals surface area (Å²) in [6.07, 6.45) is 7.04. The zero-order chi connectivity index (χ0) is 29.7. The second-order valence-corrected chi connectivity index (χ2v) is 13.1. The average Bonchev–Trinajstić information content (AvgIpc) is 3.74. The number of thioether (sulfide) groups is 1. The van der Waals surface area contributed by atoms with Crippen molar-refractivity contribution in [2.24, 2.45) is 5.41 Å². The van der Waals surface area contributed by atoms with Gasteiger partial charge < -0.3 is 15.3 Å². The average molecular weight is 602 g/mol. The molecule has 1 aliphatic carbocycles. The Morgan fingerprint density at radius 2 is 1.86 bits per heavy atom. The number of benzene rings is 3. The second-order valence-electron chi connectivity index (χ2n) is 11.6. The van der Waals surface area contributed by atoms with Crippen LogP contribution in [0.1, 0.15) is 66.5 Å². The SMILES string of the molecule is C[C@@](O)(CO)c1ccccc1[C@H](CCSCC1(CC(=O)O)CC1)c1cccc(C=Cc2ccc3ccc(Cl)cc3n2)c1. The van der Waals surface area contributed by atoms with Gasteiger partial charge in [0, 0.05) is 16.3 Å². The van der Waals surface area contributed by atoms with E-state index in [1.165, 1.54) is 0 Å². The Balaban J connectivity index is 1.41. The lowest BCUT2D eigenvalue weighted by Crippen LogP contribution is -2.28. The predicted octanol–water partition coefficient (Wildman–Crippen LogP) is 7.77. The lowest BCUT2D eigenvalue weighted by atomic mass is 9.81.